The van der Waals surface area contributed by atoms with Crippen LogP contribution in [0.2, 0.25) is 0 Å². The lowest BCUT2D eigenvalue weighted by atomic mass is 9.83. The van der Waals surface area contributed by atoms with Crippen LogP contribution in [-0.2, 0) is 53.7 Å². The predicted octanol–water partition coefficient (Wildman–Crippen LogP) is 6.22. The molecule has 0 N–H and O–H groups in total. The topological polar surface area (TPSA) is 177 Å². The molecule has 1 saturated heterocycles. The largest absolute Gasteiger partial charge is 0.744 e. The van der Waals surface area contributed by atoms with Gasteiger partial charge in [0.15, 0.2) is 13.1 Å². The van der Waals surface area contributed by atoms with Crippen molar-refractivity contribution in [2.45, 2.75) is 69.6 Å². The molecule has 65 heavy (non-hydrogen) atoms. The van der Waals surface area contributed by atoms with Gasteiger partial charge in [0.25, 0.3) is 11.8 Å². The lowest BCUT2D eigenvalue weighted by molar-refractivity contribution is -0.197. The minimum absolute atomic E-state index is 0.0261. The highest BCUT2D eigenvalue weighted by Gasteiger charge is 2.40. The van der Waals surface area contributed by atoms with E-state index in [1.54, 1.807) is 20.3 Å². The molecule has 3 heterocycles. The maximum Gasteiger partial charge on any atom is 0.333 e. The van der Waals surface area contributed by atoms with Crippen molar-refractivity contribution in [3.63, 3.8) is 0 Å². The summed E-state index contributed by atoms with van der Waals surface area (Å²) in [5, 5.41) is 1.50. The number of nitrogens with zero attached hydrogens (tertiary/aromatic N) is 3. The Bertz CT molecular complexity index is 2500. The highest BCUT2D eigenvalue weighted by atomic mass is 32.2. The van der Waals surface area contributed by atoms with Crippen LogP contribution in [0.4, 0.5) is 5.69 Å². The zero-order chi connectivity index (χ0) is 46.6. The van der Waals surface area contributed by atoms with E-state index in [-0.39, 0.29) is 24.2 Å². The summed E-state index contributed by atoms with van der Waals surface area (Å²) >= 11 is 0. The molecule has 2 aromatic carbocycles. The van der Waals surface area contributed by atoms with Crippen molar-refractivity contribution in [2.24, 2.45) is 0 Å². The summed E-state index contributed by atoms with van der Waals surface area (Å²) < 4.78 is 67.4. The number of ether oxygens (including phenoxy) is 4. The molecule has 15 nitrogen and oxygen atoms in total. The van der Waals surface area contributed by atoms with Crippen molar-refractivity contribution < 1.29 is 55.6 Å². The van der Waals surface area contributed by atoms with Crippen LogP contribution >= 0.6 is 0 Å². The first kappa shape index (κ1) is 49.0. The van der Waals surface area contributed by atoms with E-state index >= 15 is 0 Å². The zero-order valence-electron chi connectivity index (χ0n) is 37.8. The number of carbonyl (C=O) groups is 3. The molecule has 0 aromatic heterocycles. The number of allylic oxidation sites excluding steroid dienone is 3. The second-order valence-electron chi connectivity index (χ2n) is 16.4. The molecule has 348 valence electrons. The molecule has 3 aliphatic heterocycles. The predicted molar refractivity (Wildman–Crippen MR) is 243 cm³/mol. The number of hydrogen-bond donors (Lipinski definition) is 0. The lowest BCUT2D eigenvalue weighted by Crippen LogP contribution is -2.36. The normalized spacial score (nSPS) is 15.5. The summed E-state index contributed by atoms with van der Waals surface area (Å²) in [4.78, 5) is 43.0. The molecular formula is C49H59N3O12S. The molecule has 2 aromatic rings. The molecule has 1 aliphatic carbocycles. The van der Waals surface area contributed by atoms with E-state index in [2.05, 4.69) is 33.7 Å². The monoisotopic (exact) mass is 913 g/mol. The minimum Gasteiger partial charge on any atom is -0.744 e. The number of methoxy groups -OCH3 is 2. The van der Waals surface area contributed by atoms with Gasteiger partial charge in [0, 0.05) is 74.0 Å². The smallest absolute Gasteiger partial charge is 0.333 e. The highest BCUT2D eigenvalue weighted by Crippen LogP contribution is 2.49. The number of imide groups is 1. The van der Waals surface area contributed by atoms with Gasteiger partial charge in [0.05, 0.1) is 37.4 Å². The Labute approximate surface area is 380 Å². The van der Waals surface area contributed by atoms with Crippen molar-refractivity contribution in [1.29, 1.82) is 0 Å². The summed E-state index contributed by atoms with van der Waals surface area (Å²) in [5.74, 6) is -0.363. The van der Waals surface area contributed by atoms with E-state index in [0.717, 1.165) is 39.0 Å². The fraction of sp³-hybridized carbons (Fsp3) is 0.429. The molecule has 1 fully saturated rings. The minimum atomic E-state index is -4.71. The van der Waals surface area contributed by atoms with E-state index in [1.807, 2.05) is 63.3 Å². The molecule has 0 bridgehead atoms. The van der Waals surface area contributed by atoms with Gasteiger partial charge >= 0.3 is 5.97 Å². The standard InChI is InChI=1S/C49H59N3O12S/c1-35-42(63-43-33-37(18-20-39(43)48(35)36-13-8-6-9-14-36)50(25-27-61-31-29-59-4)26-28-62-32-30-60-5)15-12-16-44-49(2,3)40-34-38(65(56,57)58)19-21-41(40)51(44)24-11-7-10-17-47(55)64-52-45(53)22-23-46(52)54/h6,8-9,12-16,18-21,33-34H,7,10-11,17,22-32H2,1-5H3. The number of hydroxylamine groups is 2. The van der Waals surface area contributed by atoms with E-state index in [0.29, 0.717) is 101 Å². The Morgan fingerprint density at radius 1 is 0.862 bits per heavy atom. The molecule has 2 amide bonds. The van der Waals surface area contributed by atoms with Gasteiger partial charge in [-0.15, -0.1) is 5.06 Å². The van der Waals surface area contributed by atoms with Gasteiger partial charge in [-0.1, -0.05) is 56.7 Å². The number of rotatable bonds is 23. The third-order valence-electron chi connectivity index (χ3n) is 11.6. The summed E-state index contributed by atoms with van der Waals surface area (Å²) in [7, 11) is -1.42. The summed E-state index contributed by atoms with van der Waals surface area (Å²) in [5.41, 5.74) is 5.60. The number of hydrogen-bond acceptors (Lipinski definition) is 13. The number of anilines is 1. The second kappa shape index (κ2) is 22.6. The first-order valence-corrected chi connectivity index (χ1v) is 23.3. The third-order valence-corrected chi connectivity index (χ3v) is 12.4. The number of unbranched alkanes of at least 4 members (excludes halogenated alkanes) is 2. The number of fused-ring (bicyclic) bond motifs is 2. The quantitative estimate of drug-likeness (QED) is 0.0355. The van der Waals surface area contributed by atoms with Crippen LogP contribution in [-0.4, -0.2) is 109 Å². The molecule has 0 unspecified atom stereocenters. The molecular weight excluding hydrogens is 855 g/mol. The maximum atomic E-state index is 12.4. The van der Waals surface area contributed by atoms with Crippen molar-refractivity contribution in [3.05, 3.63) is 107 Å². The van der Waals surface area contributed by atoms with Crippen LogP contribution in [0.5, 0.6) is 0 Å². The van der Waals surface area contributed by atoms with Gasteiger partial charge in [0.2, 0.25) is 5.36 Å². The van der Waals surface area contributed by atoms with Crippen molar-refractivity contribution in [2.75, 3.05) is 78.4 Å². The maximum absolute atomic E-state index is 12.4. The average Bonchev–Trinajstić information content (AvgIpc) is 3.71. The zero-order valence-corrected chi connectivity index (χ0v) is 38.7. The van der Waals surface area contributed by atoms with Crippen molar-refractivity contribution in [1.82, 2.24) is 9.64 Å². The first-order chi connectivity index (χ1) is 31.2. The Kier molecular flexibility index (Phi) is 17.0. The van der Waals surface area contributed by atoms with Gasteiger partial charge in [-0.05, 0) is 72.9 Å². The van der Waals surface area contributed by atoms with Crippen molar-refractivity contribution in [3.8, 4) is 22.5 Å². The summed E-state index contributed by atoms with van der Waals surface area (Å²) in [6.07, 6.45) is 7.65. The van der Waals surface area contributed by atoms with Crippen molar-refractivity contribution >= 4 is 39.7 Å². The summed E-state index contributed by atoms with van der Waals surface area (Å²) in [6, 6.07) is 20.9. The fourth-order valence-corrected chi connectivity index (χ4v) is 8.66. The number of benzene rings is 3. The Hall–Kier alpha value is -5.49. The lowest BCUT2D eigenvalue weighted by Gasteiger charge is -2.27. The van der Waals surface area contributed by atoms with Crippen LogP contribution in [0, 0.1) is 6.92 Å². The molecule has 0 radical (unpaired) electrons. The SMILES string of the molecule is COCCOCC[N+](CCOCCOC)=c1ccc2c(-c3ccccc3)c(C)c(/C=C/C=C3/N(CCCCCC(=O)ON4C(=O)CCC4=O)c4ccc(S(=O)(=O)[O-])cc4C3(C)C)oc-2c1. The van der Waals surface area contributed by atoms with Crippen LogP contribution in [0.15, 0.2) is 93.9 Å². The van der Waals surface area contributed by atoms with E-state index in [4.69, 9.17) is 28.2 Å². The van der Waals surface area contributed by atoms with Crippen LogP contribution in [0.1, 0.15) is 69.3 Å². The molecule has 0 spiro atoms. The van der Waals surface area contributed by atoms with E-state index in [9.17, 15) is 27.4 Å². The van der Waals surface area contributed by atoms with E-state index < -0.39 is 33.3 Å². The Morgan fingerprint density at radius 2 is 1.54 bits per heavy atom. The average molecular weight is 914 g/mol. The molecule has 16 heteroatoms. The van der Waals surface area contributed by atoms with Crippen LogP contribution in [0.3, 0.4) is 0 Å². The van der Waals surface area contributed by atoms with Crippen LogP contribution in [0.25, 0.3) is 28.5 Å². The second-order valence-corrected chi connectivity index (χ2v) is 17.8. The Morgan fingerprint density at radius 3 is 2.18 bits per heavy atom. The molecule has 6 rings (SSSR count). The van der Waals surface area contributed by atoms with Gasteiger partial charge in [-0.2, -0.15) is 0 Å². The van der Waals surface area contributed by atoms with E-state index in [1.165, 1.54) is 12.1 Å². The number of amides is 2. The van der Waals surface area contributed by atoms with Crippen LogP contribution < -0.4 is 14.8 Å². The van der Waals surface area contributed by atoms with Gasteiger partial charge in [0.1, 0.15) is 34.9 Å². The molecule has 0 saturated carbocycles. The fourth-order valence-electron chi connectivity index (χ4n) is 8.16. The number of carbonyl (C=O) groups excluding carboxylic acids is 3. The van der Waals surface area contributed by atoms with Gasteiger partial charge in [-0.25, -0.2) is 17.8 Å². The van der Waals surface area contributed by atoms with Gasteiger partial charge in [-0.3, -0.25) is 9.59 Å². The molecule has 0 atom stereocenters. The highest BCUT2D eigenvalue weighted by molar-refractivity contribution is 7.85. The third kappa shape index (κ3) is 12.2. The first-order valence-electron chi connectivity index (χ1n) is 21.9. The molecule has 4 aliphatic rings. The Balaban J connectivity index is 1.32. The van der Waals surface area contributed by atoms with Gasteiger partial charge < -0.3 is 37.7 Å². The summed E-state index contributed by atoms with van der Waals surface area (Å²) in [6.45, 7) is 10.8.